The second-order valence-corrected chi connectivity index (χ2v) is 9.14. The molecule has 0 N–H and O–H groups in total. The number of pyridine rings is 1. The third kappa shape index (κ3) is 3.59. The number of benzene rings is 1. The van der Waals surface area contributed by atoms with Crippen LogP contribution in [0.2, 0.25) is 5.02 Å². The van der Waals surface area contributed by atoms with E-state index in [4.69, 9.17) is 16.3 Å². The molecular weight excluding hydrogens is 398 g/mol. The molecule has 0 amide bonds. The van der Waals surface area contributed by atoms with Gasteiger partial charge >= 0.3 is 5.97 Å². The van der Waals surface area contributed by atoms with E-state index in [2.05, 4.69) is 35.0 Å². The van der Waals surface area contributed by atoms with Crippen LogP contribution in [0.5, 0.6) is 0 Å². The summed E-state index contributed by atoms with van der Waals surface area (Å²) in [6.45, 7) is 3.89. The molecule has 6 heteroatoms. The SMILES string of the molecule is CC(=O)OCC(C)(c1ccccc1)N1C2CCC1CC(C#N)(c1cncc(Cl)c1)C2. The maximum atomic E-state index is 11.6. The van der Waals surface area contributed by atoms with Crippen LogP contribution in [0.25, 0.3) is 0 Å². The van der Waals surface area contributed by atoms with Crippen LogP contribution in [0, 0.1) is 11.3 Å². The van der Waals surface area contributed by atoms with Crippen LogP contribution in [0.1, 0.15) is 50.7 Å². The van der Waals surface area contributed by atoms with E-state index in [1.807, 2.05) is 24.3 Å². The summed E-state index contributed by atoms with van der Waals surface area (Å²) in [7, 11) is 0. The normalized spacial score (nSPS) is 27.8. The molecular formula is C24H26ClN3O2. The number of nitrogens with zero attached hydrogens (tertiary/aromatic N) is 3. The zero-order valence-corrected chi connectivity index (χ0v) is 18.1. The summed E-state index contributed by atoms with van der Waals surface area (Å²) >= 11 is 6.19. The van der Waals surface area contributed by atoms with E-state index in [1.54, 1.807) is 12.4 Å². The lowest BCUT2D eigenvalue weighted by molar-refractivity contribution is -0.147. The highest BCUT2D eigenvalue weighted by Gasteiger charge is 2.55. The summed E-state index contributed by atoms with van der Waals surface area (Å²) in [5.41, 5.74) is 0.971. The minimum atomic E-state index is -0.598. The Kier molecular flexibility index (Phi) is 5.57. The van der Waals surface area contributed by atoms with Gasteiger partial charge in [-0.25, -0.2) is 0 Å². The number of hydrogen-bond donors (Lipinski definition) is 0. The Hall–Kier alpha value is -2.42. The molecule has 30 heavy (non-hydrogen) atoms. The van der Waals surface area contributed by atoms with Crippen LogP contribution >= 0.6 is 11.6 Å². The van der Waals surface area contributed by atoms with Crippen molar-refractivity contribution in [2.45, 2.75) is 62.6 Å². The van der Waals surface area contributed by atoms with E-state index in [0.717, 1.165) is 24.0 Å². The minimum absolute atomic E-state index is 0.211. The number of nitriles is 1. The van der Waals surface area contributed by atoms with E-state index in [9.17, 15) is 10.1 Å². The minimum Gasteiger partial charge on any atom is -0.464 e. The maximum Gasteiger partial charge on any atom is 0.302 e. The molecule has 3 atom stereocenters. The Balaban J connectivity index is 1.71. The summed E-state index contributed by atoms with van der Waals surface area (Å²) < 4.78 is 5.54. The zero-order valence-electron chi connectivity index (χ0n) is 17.3. The Morgan fingerprint density at radius 1 is 1.30 bits per heavy atom. The number of carbonyl (C=O) groups excluding carboxylic acids is 1. The molecule has 2 aliphatic rings. The van der Waals surface area contributed by atoms with Gasteiger partial charge < -0.3 is 4.74 Å². The fourth-order valence-electron chi connectivity index (χ4n) is 5.47. The summed E-state index contributed by atoms with van der Waals surface area (Å²) in [6.07, 6.45) is 6.84. The smallest absolute Gasteiger partial charge is 0.302 e. The summed E-state index contributed by atoms with van der Waals surface area (Å²) in [6, 6.07) is 15.1. The van der Waals surface area contributed by atoms with Crippen molar-refractivity contribution in [3.8, 4) is 6.07 Å². The van der Waals surface area contributed by atoms with Gasteiger partial charge in [0.05, 0.1) is 22.0 Å². The second kappa shape index (κ2) is 8.02. The lowest BCUT2D eigenvalue weighted by atomic mass is 9.70. The number of rotatable bonds is 5. The highest BCUT2D eigenvalue weighted by atomic mass is 35.5. The summed E-state index contributed by atoms with van der Waals surface area (Å²) in [4.78, 5) is 18.4. The molecule has 0 aliphatic carbocycles. The molecule has 0 saturated carbocycles. The molecule has 2 bridgehead atoms. The molecule has 4 rings (SSSR count). The van der Waals surface area contributed by atoms with Gasteiger partial charge in [-0.05, 0) is 49.8 Å². The average molecular weight is 424 g/mol. The van der Waals surface area contributed by atoms with Gasteiger partial charge in [-0.2, -0.15) is 5.26 Å². The van der Waals surface area contributed by atoms with Gasteiger partial charge in [0, 0.05) is 31.4 Å². The number of piperidine rings is 1. The molecule has 3 unspecified atom stereocenters. The first kappa shape index (κ1) is 20.8. The van der Waals surface area contributed by atoms with E-state index >= 15 is 0 Å². The van der Waals surface area contributed by atoms with Gasteiger partial charge in [-0.1, -0.05) is 41.9 Å². The van der Waals surface area contributed by atoms with Crippen molar-refractivity contribution in [1.82, 2.24) is 9.88 Å². The maximum absolute atomic E-state index is 11.6. The van der Waals surface area contributed by atoms with Gasteiger partial charge in [-0.3, -0.25) is 14.7 Å². The van der Waals surface area contributed by atoms with Crippen LogP contribution in [-0.4, -0.2) is 34.5 Å². The fraction of sp³-hybridized carbons (Fsp3) is 0.458. The predicted octanol–water partition coefficient (Wildman–Crippen LogP) is 4.60. The molecule has 0 radical (unpaired) electrons. The lowest BCUT2D eigenvalue weighted by Crippen LogP contribution is -2.59. The second-order valence-electron chi connectivity index (χ2n) is 8.71. The number of esters is 1. The standard InChI is InChI=1S/C24H26ClN3O2/c1-17(29)30-16-23(2,18-6-4-3-5-7-18)28-21-8-9-22(28)12-24(11-21,15-26)19-10-20(25)14-27-13-19/h3-7,10,13-14,21-22H,8-9,11-12,16H2,1-2H3. The van der Waals surface area contributed by atoms with Crippen molar-refractivity contribution in [1.29, 1.82) is 5.26 Å². The molecule has 2 fully saturated rings. The van der Waals surface area contributed by atoms with E-state index in [0.29, 0.717) is 17.9 Å². The Labute approximate surface area is 182 Å². The number of fused-ring (bicyclic) bond motifs is 2. The molecule has 0 spiro atoms. The Morgan fingerprint density at radius 2 is 1.97 bits per heavy atom. The van der Waals surface area contributed by atoms with E-state index in [-0.39, 0.29) is 24.7 Å². The predicted molar refractivity (Wildman–Crippen MR) is 115 cm³/mol. The van der Waals surface area contributed by atoms with Crippen molar-refractivity contribution >= 4 is 17.6 Å². The Morgan fingerprint density at radius 3 is 2.53 bits per heavy atom. The third-order valence-electron chi connectivity index (χ3n) is 6.78. The highest BCUT2D eigenvalue weighted by Crippen LogP contribution is 2.51. The van der Waals surface area contributed by atoms with Gasteiger partial charge in [0.2, 0.25) is 0 Å². The Bertz CT molecular complexity index is 960. The topological polar surface area (TPSA) is 66.2 Å². The first-order chi connectivity index (χ1) is 14.4. The van der Waals surface area contributed by atoms with E-state index in [1.165, 1.54) is 6.92 Å². The van der Waals surface area contributed by atoms with Crippen LogP contribution in [-0.2, 0) is 20.5 Å². The van der Waals surface area contributed by atoms with Crippen LogP contribution in [0.15, 0.2) is 48.8 Å². The molecule has 156 valence electrons. The van der Waals surface area contributed by atoms with Crippen molar-refractivity contribution in [3.05, 3.63) is 64.9 Å². The van der Waals surface area contributed by atoms with Gasteiger partial charge in [-0.15, -0.1) is 0 Å². The van der Waals surface area contributed by atoms with Gasteiger partial charge in [0.15, 0.2) is 0 Å². The quantitative estimate of drug-likeness (QED) is 0.657. The molecule has 1 aromatic heterocycles. The third-order valence-corrected chi connectivity index (χ3v) is 6.99. The molecule has 2 saturated heterocycles. The molecule has 2 aliphatic heterocycles. The lowest BCUT2D eigenvalue weighted by Gasteiger charge is -2.51. The largest absolute Gasteiger partial charge is 0.464 e. The molecule has 5 nitrogen and oxygen atoms in total. The number of aromatic nitrogens is 1. The molecule has 2 aromatic rings. The van der Waals surface area contributed by atoms with Crippen LogP contribution in [0.4, 0.5) is 0 Å². The van der Waals surface area contributed by atoms with E-state index < -0.39 is 11.0 Å². The first-order valence-corrected chi connectivity index (χ1v) is 10.8. The number of halogens is 1. The first-order valence-electron chi connectivity index (χ1n) is 10.4. The highest BCUT2D eigenvalue weighted by molar-refractivity contribution is 6.30. The van der Waals surface area contributed by atoms with Gasteiger partial charge in [0.25, 0.3) is 0 Å². The van der Waals surface area contributed by atoms with Crippen molar-refractivity contribution in [3.63, 3.8) is 0 Å². The van der Waals surface area contributed by atoms with Crippen LogP contribution in [0.3, 0.4) is 0 Å². The van der Waals surface area contributed by atoms with Crippen molar-refractivity contribution in [2.75, 3.05) is 6.61 Å². The molecule has 3 heterocycles. The average Bonchev–Trinajstić information content (AvgIpc) is 3.04. The monoisotopic (exact) mass is 423 g/mol. The van der Waals surface area contributed by atoms with Crippen molar-refractivity contribution in [2.24, 2.45) is 0 Å². The molecule has 1 aromatic carbocycles. The summed E-state index contributed by atoms with van der Waals surface area (Å²) in [5, 5.41) is 10.8. The zero-order chi connectivity index (χ0) is 21.4. The number of hydrogen-bond acceptors (Lipinski definition) is 5. The van der Waals surface area contributed by atoms with Gasteiger partial charge in [0.1, 0.15) is 6.61 Å². The van der Waals surface area contributed by atoms with Crippen molar-refractivity contribution < 1.29 is 9.53 Å². The number of ether oxygens (including phenoxy) is 1. The number of carbonyl (C=O) groups is 1. The fourth-order valence-corrected chi connectivity index (χ4v) is 5.64. The van der Waals surface area contributed by atoms with Crippen LogP contribution < -0.4 is 0 Å². The summed E-state index contributed by atoms with van der Waals surface area (Å²) in [5.74, 6) is -0.280.